The van der Waals surface area contributed by atoms with E-state index in [-0.39, 0.29) is 5.91 Å². The molecule has 0 aliphatic rings. The van der Waals surface area contributed by atoms with E-state index in [9.17, 15) is 4.79 Å². The van der Waals surface area contributed by atoms with Crippen molar-refractivity contribution in [1.82, 2.24) is 9.88 Å². The molecule has 0 radical (unpaired) electrons. The maximum Gasteiger partial charge on any atom is 0.270 e. The fourth-order valence-electron chi connectivity index (χ4n) is 1.95. The Morgan fingerprint density at radius 3 is 2.72 bits per heavy atom. The second kappa shape index (κ2) is 5.25. The number of para-hydroxylation sites is 1. The number of carbonyl (C=O) groups excluding carboxylic acids is 1. The molecule has 18 heavy (non-hydrogen) atoms. The lowest BCUT2D eigenvalue weighted by Crippen LogP contribution is -2.28. The zero-order chi connectivity index (χ0) is 13.1. The van der Waals surface area contributed by atoms with Crippen LogP contribution in [0.15, 0.2) is 30.3 Å². The number of nitrogens with zero attached hydrogens (tertiary/aromatic N) is 1. The number of aromatic nitrogens is 1. The first-order valence-corrected chi connectivity index (χ1v) is 6.41. The van der Waals surface area contributed by atoms with Crippen LogP contribution < -0.4 is 0 Å². The van der Waals surface area contributed by atoms with E-state index in [0.29, 0.717) is 11.6 Å². The summed E-state index contributed by atoms with van der Waals surface area (Å²) in [5.74, 6) is 0.676. The average molecular weight is 244 g/mol. The van der Waals surface area contributed by atoms with Crippen LogP contribution in [0.3, 0.4) is 0 Å². The minimum atomic E-state index is 0.0619. The molecule has 0 saturated heterocycles. The summed E-state index contributed by atoms with van der Waals surface area (Å²) in [6.07, 6.45) is 1.03. The maximum absolute atomic E-state index is 12.2. The summed E-state index contributed by atoms with van der Waals surface area (Å²) in [6, 6.07) is 9.86. The van der Waals surface area contributed by atoms with E-state index in [0.717, 1.165) is 23.9 Å². The molecule has 3 heteroatoms. The molecule has 0 atom stereocenters. The third-order valence-electron chi connectivity index (χ3n) is 3.15. The van der Waals surface area contributed by atoms with Gasteiger partial charge in [-0.1, -0.05) is 32.0 Å². The highest BCUT2D eigenvalue weighted by Gasteiger charge is 2.14. The molecule has 2 aromatic rings. The highest BCUT2D eigenvalue weighted by molar-refractivity contribution is 5.97. The molecule has 0 bridgehead atoms. The quantitative estimate of drug-likeness (QED) is 0.880. The van der Waals surface area contributed by atoms with Gasteiger partial charge in [0.2, 0.25) is 0 Å². The van der Waals surface area contributed by atoms with Crippen molar-refractivity contribution >= 4 is 16.8 Å². The summed E-state index contributed by atoms with van der Waals surface area (Å²) in [5.41, 5.74) is 1.68. The Kier molecular flexibility index (Phi) is 3.70. The Morgan fingerprint density at radius 2 is 2.06 bits per heavy atom. The lowest BCUT2D eigenvalue weighted by molar-refractivity contribution is 0.0784. The molecule has 1 heterocycles. The lowest BCUT2D eigenvalue weighted by atomic mass is 10.1. The van der Waals surface area contributed by atoms with Gasteiger partial charge in [-0.25, -0.2) is 0 Å². The van der Waals surface area contributed by atoms with E-state index in [1.165, 1.54) is 0 Å². The van der Waals surface area contributed by atoms with Crippen LogP contribution in [-0.2, 0) is 0 Å². The fourth-order valence-corrected chi connectivity index (χ4v) is 1.95. The fraction of sp³-hybridized carbons (Fsp3) is 0.400. The third-order valence-corrected chi connectivity index (χ3v) is 3.15. The van der Waals surface area contributed by atoms with E-state index in [1.807, 2.05) is 37.4 Å². The standard InChI is InChI=1S/C15H20N2O/c1-11(2)8-9-17(3)15(18)14-10-12-6-4-5-7-13(12)16-14/h4-7,10-11,16H,8-9H2,1-3H3. The summed E-state index contributed by atoms with van der Waals surface area (Å²) < 4.78 is 0. The minimum absolute atomic E-state index is 0.0619. The number of benzene rings is 1. The third kappa shape index (κ3) is 2.73. The summed E-state index contributed by atoms with van der Waals surface area (Å²) in [7, 11) is 1.86. The smallest absolute Gasteiger partial charge is 0.270 e. The first-order chi connectivity index (χ1) is 8.58. The highest BCUT2D eigenvalue weighted by atomic mass is 16.2. The zero-order valence-corrected chi connectivity index (χ0v) is 11.2. The van der Waals surface area contributed by atoms with Crippen molar-refractivity contribution in [3.05, 3.63) is 36.0 Å². The van der Waals surface area contributed by atoms with Gasteiger partial charge in [-0.3, -0.25) is 4.79 Å². The van der Waals surface area contributed by atoms with Crippen LogP contribution in [0.5, 0.6) is 0 Å². The SMILES string of the molecule is CC(C)CCN(C)C(=O)c1cc2ccccc2[nH]1. The summed E-state index contributed by atoms with van der Waals surface area (Å²) in [6.45, 7) is 5.13. The van der Waals surface area contributed by atoms with Gasteiger partial charge < -0.3 is 9.88 Å². The van der Waals surface area contributed by atoms with Gasteiger partial charge in [-0.05, 0) is 24.5 Å². The monoisotopic (exact) mass is 244 g/mol. The van der Waals surface area contributed by atoms with E-state index >= 15 is 0 Å². The number of nitrogens with one attached hydrogen (secondary N) is 1. The Bertz CT molecular complexity index is 509. The molecule has 0 aliphatic carbocycles. The van der Waals surface area contributed by atoms with Crippen LogP contribution in [0.4, 0.5) is 0 Å². The number of hydrogen-bond acceptors (Lipinski definition) is 1. The molecule has 1 aromatic heterocycles. The molecule has 3 nitrogen and oxygen atoms in total. The van der Waals surface area contributed by atoms with Gasteiger partial charge in [0.15, 0.2) is 0 Å². The van der Waals surface area contributed by atoms with Gasteiger partial charge >= 0.3 is 0 Å². The van der Waals surface area contributed by atoms with Gasteiger partial charge in [0, 0.05) is 24.5 Å². The number of carbonyl (C=O) groups is 1. The number of rotatable bonds is 4. The lowest BCUT2D eigenvalue weighted by Gasteiger charge is -2.17. The molecule has 1 N–H and O–H groups in total. The molecule has 96 valence electrons. The Morgan fingerprint density at radius 1 is 1.33 bits per heavy atom. The van der Waals surface area contributed by atoms with Crippen molar-refractivity contribution in [3.63, 3.8) is 0 Å². The first kappa shape index (κ1) is 12.7. The van der Waals surface area contributed by atoms with E-state index < -0.39 is 0 Å². The predicted octanol–water partition coefficient (Wildman–Crippen LogP) is 3.29. The van der Waals surface area contributed by atoms with Gasteiger partial charge in [-0.2, -0.15) is 0 Å². The van der Waals surface area contributed by atoms with Crippen LogP contribution in [0.1, 0.15) is 30.8 Å². The van der Waals surface area contributed by atoms with Gasteiger partial charge in [0.25, 0.3) is 5.91 Å². The molecular weight excluding hydrogens is 224 g/mol. The normalized spacial score (nSPS) is 11.1. The Labute approximate surface area is 108 Å². The molecule has 1 amide bonds. The molecule has 0 spiro atoms. The molecule has 0 unspecified atom stereocenters. The summed E-state index contributed by atoms with van der Waals surface area (Å²) in [5, 5.41) is 1.08. The highest BCUT2D eigenvalue weighted by Crippen LogP contribution is 2.16. The summed E-state index contributed by atoms with van der Waals surface area (Å²) in [4.78, 5) is 17.2. The number of fused-ring (bicyclic) bond motifs is 1. The van der Waals surface area contributed by atoms with Crippen molar-refractivity contribution in [3.8, 4) is 0 Å². The molecule has 2 rings (SSSR count). The van der Waals surface area contributed by atoms with E-state index in [2.05, 4.69) is 18.8 Å². The molecule has 0 saturated carbocycles. The van der Waals surface area contributed by atoms with Crippen LogP contribution in [-0.4, -0.2) is 29.4 Å². The van der Waals surface area contributed by atoms with Crippen LogP contribution in [0.2, 0.25) is 0 Å². The largest absolute Gasteiger partial charge is 0.351 e. The first-order valence-electron chi connectivity index (χ1n) is 6.41. The predicted molar refractivity (Wildman–Crippen MR) is 74.7 cm³/mol. The van der Waals surface area contributed by atoms with Gasteiger partial charge in [0.1, 0.15) is 5.69 Å². The van der Waals surface area contributed by atoms with E-state index in [1.54, 1.807) is 4.90 Å². The number of aromatic amines is 1. The van der Waals surface area contributed by atoms with Crippen LogP contribution in [0, 0.1) is 5.92 Å². The average Bonchev–Trinajstić information content (AvgIpc) is 2.78. The van der Waals surface area contributed by atoms with Crippen molar-refractivity contribution in [1.29, 1.82) is 0 Å². The van der Waals surface area contributed by atoms with E-state index in [4.69, 9.17) is 0 Å². The topological polar surface area (TPSA) is 36.1 Å². The van der Waals surface area contributed by atoms with Gasteiger partial charge in [-0.15, -0.1) is 0 Å². The Balaban J connectivity index is 2.12. The summed E-state index contributed by atoms with van der Waals surface area (Å²) >= 11 is 0. The zero-order valence-electron chi connectivity index (χ0n) is 11.2. The Hall–Kier alpha value is -1.77. The van der Waals surface area contributed by atoms with Crippen molar-refractivity contribution < 1.29 is 4.79 Å². The van der Waals surface area contributed by atoms with Crippen molar-refractivity contribution in [2.24, 2.45) is 5.92 Å². The number of amides is 1. The second-order valence-corrected chi connectivity index (χ2v) is 5.18. The molecule has 0 fully saturated rings. The second-order valence-electron chi connectivity index (χ2n) is 5.18. The van der Waals surface area contributed by atoms with Crippen molar-refractivity contribution in [2.45, 2.75) is 20.3 Å². The molecular formula is C15H20N2O. The van der Waals surface area contributed by atoms with Gasteiger partial charge in [0.05, 0.1) is 0 Å². The van der Waals surface area contributed by atoms with Crippen molar-refractivity contribution in [2.75, 3.05) is 13.6 Å². The van der Waals surface area contributed by atoms with Crippen LogP contribution in [0.25, 0.3) is 10.9 Å². The minimum Gasteiger partial charge on any atom is -0.351 e. The molecule has 1 aromatic carbocycles. The van der Waals surface area contributed by atoms with Crippen LogP contribution >= 0.6 is 0 Å². The maximum atomic E-state index is 12.2. The molecule has 0 aliphatic heterocycles. The number of hydrogen-bond donors (Lipinski definition) is 1. The number of H-pyrrole nitrogens is 1.